The molecular formula is C59H82FN4O19PS. The zero-order valence-corrected chi connectivity index (χ0v) is 50.6. The summed E-state index contributed by atoms with van der Waals surface area (Å²) in [7, 11) is -3.57. The summed E-state index contributed by atoms with van der Waals surface area (Å²) in [5.41, 5.74) is 2.56. The Hall–Kier alpha value is -4.77. The molecule has 3 atom stereocenters. The number of aliphatic hydroxyl groups is 2. The number of ether oxygens (including phenoxy) is 12. The number of nitrogens with zero attached hydrogens (tertiary/aromatic N) is 2. The van der Waals surface area contributed by atoms with Crippen LogP contribution in [0.15, 0.2) is 52.4 Å². The number of benzene rings is 2. The summed E-state index contributed by atoms with van der Waals surface area (Å²) in [4.78, 5) is 45.9. The van der Waals surface area contributed by atoms with Crippen molar-refractivity contribution in [3.63, 3.8) is 0 Å². The highest BCUT2D eigenvalue weighted by atomic mass is 32.2. The number of nitrogens with one attached hydrogen (secondary N) is 2. The lowest BCUT2D eigenvalue weighted by Gasteiger charge is -2.31. The van der Waals surface area contributed by atoms with Crippen LogP contribution in [-0.4, -0.2) is 196 Å². The second-order valence-corrected chi connectivity index (χ2v) is 22.9. The quantitative estimate of drug-likeness (QED) is 0.0199. The number of cyclic esters (lactones) is 1. The number of aryl methyl sites for hydroxylation is 1. The van der Waals surface area contributed by atoms with Crippen LogP contribution in [0, 0.1) is 12.7 Å². The number of amides is 1. The Labute approximate surface area is 499 Å². The van der Waals surface area contributed by atoms with E-state index in [1.165, 1.54) is 28.2 Å². The third-order valence-electron chi connectivity index (χ3n) is 14.1. The van der Waals surface area contributed by atoms with E-state index < -0.39 is 36.5 Å². The first-order chi connectivity index (χ1) is 41.4. The molecule has 4 aromatic rings. The molecule has 0 fully saturated rings. The van der Waals surface area contributed by atoms with Gasteiger partial charge in [-0.3, -0.25) is 14.2 Å². The number of thioether (sulfide) groups is 1. The highest BCUT2D eigenvalue weighted by Gasteiger charge is 2.46. The first-order valence-electron chi connectivity index (χ1n) is 28.9. The van der Waals surface area contributed by atoms with Crippen LogP contribution in [0.25, 0.3) is 22.3 Å². The largest absolute Gasteiger partial charge is 0.458 e. The molecule has 0 bridgehead atoms. The lowest BCUT2D eigenvalue weighted by atomic mass is 9.81. The van der Waals surface area contributed by atoms with E-state index >= 15 is 4.39 Å². The van der Waals surface area contributed by atoms with E-state index in [-0.39, 0.29) is 56.4 Å². The van der Waals surface area contributed by atoms with Gasteiger partial charge >= 0.3 is 13.5 Å². The minimum absolute atomic E-state index is 0.00604. The maximum Gasteiger partial charge on any atom is 0.343 e. The van der Waals surface area contributed by atoms with Crippen LogP contribution in [-0.2, 0) is 95.9 Å². The summed E-state index contributed by atoms with van der Waals surface area (Å²) in [6.45, 7) is 14.4. The molecule has 0 saturated heterocycles. The van der Waals surface area contributed by atoms with Gasteiger partial charge in [0.25, 0.3) is 11.5 Å². The highest BCUT2D eigenvalue weighted by molar-refractivity contribution is 8.02. The smallest absolute Gasteiger partial charge is 0.343 e. The molecular weight excluding hydrogens is 1150 g/mol. The van der Waals surface area contributed by atoms with Gasteiger partial charge in [-0.25, -0.2) is 14.2 Å². The molecule has 470 valence electrons. The van der Waals surface area contributed by atoms with Crippen molar-refractivity contribution in [1.82, 2.24) is 14.9 Å². The number of pyridine rings is 2. The molecule has 1 unspecified atom stereocenters. The van der Waals surface area contributed by atoms with Crippen LogP contribution in [0.5, 0.6) is 0 Å². The van der Waals surface area contributed by atoms with Crippen molar-refractivity contribution >= 4 is 47.7 Å². The van der Waals surface area contributed by atoms with E-state index in [1.54, 1.807) is 49.6 Å². The molecule has 1 aliphatic carbocycles. The number of anilines is 1. The number of carbonyl (C=O) groups is 2. The summed E-state index contributed by atoms with van der Waals surface area (Å²) < 4.78 is 102. The van der Waals surface area contributed by atoms with Gasteiger partial charge in [0.05, 0.1) is 194 Å². The Morgan fingerprint density at radius 2 is 1.26 bits per heavy atom. The van der Waals surface area contributed by atoms with Gasteiger partial charge in [0.2, 0.25) is 0 Å². The third-order valence-corrected chi connectivity index (χ3v) is 16.6. The number of aromatic nitrogens is 2. The van der Waals surface area contributed by atoms with Gasteiger partial charge in [-0.1, -0.05) is 13.8 Å². The molecule has 1 amide bonds. The molecule has 3 aliphatic rings. The minimum atomic E-state index is -3.57. The van der Waals surface area contributed by atoms with Gasteiger partial charge in [0.1, 0.15) is 12.4 Å². The monoisotopic (exact) mass is 1230 g/mol. The number of hydrogen-bond acceptors (Lipinski definition) is 21. The van der Waals surface area contributed by atoms with Crippen molar-refractivity contribution in [2.24, 2.45) is 0 Å². The van der Waals surface area contributed by atoms with Crippen LogP contribution in [0.1, 0.15) is 76.5 Å². The summed E-state index contributed by atoms with van der Waals surface area (Å²) >= 11 is 1.47. The predicted molar refractivity (Wildman–Crippen MR) is 315 cm³/mol. The van der Waals surface area contributed by atoms with E-state index in [2.05, 4.69) is 10.4 Å². The summed E-state index contributed by atoms with van der Waals surface area (Å²) in [5.74, 6) is 0.635. The van der Waals surface area contributed by atoms with E-state index in [0.29, 0.717) is 191 Å². The Morgan fingerprint density at radius 3 is 1.75 bits per heavy atom. The van der Waals surface area contributed by atoms with Crippen molar-refractivity contribution in [2.75, 3.05) is 169 Å². The number of halogens is 1. The van der Waals surface area contributed by atoms with Crippen molar-refractivity contribution in [3.05, 3.63) is 103 Å². The summed E-state index contributed by atoms with van der Waals surface area (Å²) in [6, 6.07) is 8.97. The lowest BCUT2D eigenvalue weighted by Crippen LogP contribution is -2.44. The molecule has 4 heterocycles. The number of fused-ring (bicyclic) bond motifs is 5. The van der Waals surface area contributed by atoms with Crippen LogP contribution in [0.2, 0.25) is 0 Å². The molecule has 2 aromatic heterocycles. The number of rotatable bonds is 44. The van der Waals surface area contributed by atoms with E-state index in [4.69, 9.17) is 71.5 Å². The van der Waals surface area contributed by atoms with Gasteiger partial charge in [-0.2, -0.15) is 0 Å². The Bertz CT molecular complexity index is 2900. The SMILES string of the molecule is CCS/C=C\P(=O)(Nc1ccc(C(=O)N[C@H]2CCc3c(C)c(F)cc4nc5c(c2c34)Cn2c-5cc3c(c2=O)COC(=O)[C@]3(O)CC)cc1)OCCOCCOCCOCCOCCOCCOCCOCCOCCOCCOCCOCCO. The number of esters is 1. The topological polar surface area (TPSA) is 271 Å². The molecule has 0 radical (unpaired) electrons. The summed E-state index contributed by atoms with van der Waals surface area (Å²) in [6.07, 6.45) is 0.893. The third kappa shape index (κ3) is 19.6. The Morgan fingerprint density at radius 1 is 0.753 bits per heavy atom. The van der Waals surface area contributed by atoms with Crippen LogP contribution in [0.3, 0.4) is 0 Å². The van der Waals surface area contributed by atoms with Gasteiger partial charge < -0.3 is 86.6 Å². The van der Waals surface area contributed by atoms with Crippen molar-refractivity contribution in [1.29, 1.82) is 0 Å². The molecule has 4 N–H and O–H groups in total. The normalized spacial score (nSPS) is 16.8. The molecule has 7 rings (SSSR count). The molecule has 2 aromatic carbocycles. The second kappa shape index (κ2) is 35.9. The van der Waals surface area contributed by atoms with E-state index in [9.17, 15) is 24.1 Å². The minimum Gasteiger partial charge on any atom is -0.458 e. The lowest BCUT2D eigenvalue weighted by molar-refractivity contribution is -0.172. The molecule has 23 nitrogen and oxygen atoms in total. The predicted octanol–water partition coefficient (Wildman–Crippen LogP) is 5.97. The maximum atomic E-state index is 15.5. The van der Waals surface area contributed by atoms with Gasteiger partial charge in [-0.05, 0) is 84.4 Å². The Balaban J connectivity index is 0.742. The number of aliphatic hydroxyl groups excluding tert-OH is 1. The van der Waals surface area contributed by atoms with Crippen LogP contribution in [0.4, 0.5) is 10.1 Å². The van der Waals surface area contributed by atoms with Crippen LogP contribution >= 0.6 is 19.3 Å². The van der Waals surface area contributed by atoms with E-state index in [1.807, 2.05) is 6.92 Å². The van der Waals surface area contributed by atoms with Crippen molar-refractivity contribution in [3.8, 4) is 11.4 Å². The highest BCUT2D eigenvalue weighted by Crippen LogP contribution is 2.49. The second-order valence-electron chi connectivity index (χ2n) is 19.7. The Kier molecular flexibility index (Phi) is 28.6. The van der Waals surface area contributed by atoms with Crippen molar-refractivity contribution in [2.45, 2.75) is 64.8 Å². The van der Waals surface area contributed by atoms with Crippen molar-refractivity contribution < 1.29 is 90.1 Å². The van der Waals surface area contributed by atoms with Gasteiger partial charge in [-0.15, -0.1) is 11.8 Å². The molecule has 0 saturated carbocycles. The van der Waals surface area contributed by atoms with Gasteiger partial charge in [0, 0.05) is 39.6 Å². The number of hydrogen-bond donors (Lipinski definition) is 4. The molecule has 0 spiro atoms. The zero-order valence-electron chi connectivity index (χ0n) is 48.9. The first-order valence-corrected chi connectivity index (χ1v) is 31.7. The number of carbonyl (C=O) groups excluding carboxylic acids is 2. The molecule has 26 heteroatoms. The average Bonchev–Trinajstić information content (AvgIpc) is 1.95. The van der Waals surface area contributed by atoms with E-state index in [0.717, 1.165) is 22.3 Å². The summed E-state index contributed by atoms with van der Waals surface area (Å²) in [5, 5.41) is 28.7. The standard InChI is InChI=1S/C59H82FN4O19PS/c1-4-59(69)48-38-52-55-46(40-64(52)57(67)47(48)41-82-58(59)68)54-50(11-10-45-42(3)49(60)39-51(61-55)53(45)54)62-56(66)43-6-8-44(9-7-43)63-84(70,36-37-85-5-2)83-35-34-81-33-32-80-31-30-79-29-28-78-27-26-77-25-24-76-23-22-75-21-20-74-19-18-73-17-16-72-15-14-71-13-12-65/h6-9,36-39,50,65,69H,4-5,10-35,40-41H2,1-3H3,(H,62,66)(H,63,70)/b37-36-/t50-,59-,84?/m0/s1. The first kappa shape index (κ1) is 67.7. The zero-order chi connectivity index (χ0) is 60.3. The molecule has 85 heavy (non-hydrogen) atoms. The average molecular weight is 1230 g/mol. The molecule has 2 aliphatic heterocycles. The fourth-order valence-corrected chi connectivity index (χ4v) is 12.0. The van der Waals surface area contributed by atoms with Crippen LogP contribution < -0.4 is 16.0 Å². The van der Waals surface area contributed by atoms with Gasteiger partial charge in [0.15, 0.2) is 5.60 Å². The maximum absolute atomic E-state index is 15.5. The fraction of sp³-hybridized carbons (Fsp3) is 0.593. The fourth-order valence-electron chi connectivity index (χ4n) is 9.75.